The Hall–Kier alpha value is -0.120. The van der Waals surface area contributed by atoms with Crippen LogP contribution in [0.2, 0.25) is 0 Å². The number of rotatable bonds is 4. The molecule has 0 amide bonds. The van der Waals surface area contributed by atoms with E-state index in [2.05, 4.69) is 43.1 Å². The molecule has 1 unspecified atom stereocenters. The molecule has 0 radical (unpaired) electrons. The summed E-state index contributed by atoms with van der Waals surface area (Å²) in [6.07, 6.45) is 8.44. The molecule has 1 atom stereocenters. The summed E-state index contributed by atoms with van der Waals surface area (Å²) in [5.74, 6) is 0. The first-order valence-corrected chi connectivity index (χ1v) is 8.16. The summed E-state index contributed by atoms with van der Waals surface area (Å²) in [4.78, 5) is 5.42. The van der Waals surface area contributed by atoms with Crippen LogP contribution in [0.15, 0.2) is 0 Å². The highest BCUT2D eigenvalue weighted by molar-refractivity contribution is 4.98. The van der Waals surface area contributed by atoms with Crippen molar-refractivity contribution in [1.82, 2.24) is 15.1 Å². The zero-order valence-corrected chi connectivity index (χ0v) is 13.4. The van der Waals surface area contributed by atoms with Gasteiger partial charge in [-0.15, -0.1) is 0 Å². The Labute approximate surface area is 119 Å². The summed E-state index contributed by atoms with van der Waals surface area (Å²) in [5.41, 5.74) is 0.327. The monoisotopic (exact) mass is 267 g/mol. The van der Waals surface area contributed by atoms with Crippen LogP contribution >= 0.6 is 0 Å². The van der Waals surface area contributed by atoms with Crippen molar-refractivity contribution in [2.45, 2.75) is 70.0 Å². The van der Waals surface area contributed by atoms with Gasteiger partial charge in [0.2, 0.25) is 0 Å². The summed E-state index contributed by atoms with van der Waals surface area (Å²) in [6.45, 7) is 8.48. The van der Waals surface area contributed by atoms with E-state index in [0.29, 0.717) is 5.54 Å². The van der Waals surface area contributed by atoms with Gasteiger partial charge < -0.3 is 10.2 Å². The smallest absolute Gasteiger partial charge is 0.0286 e. The molecule has 112 valence electrons. The van der Waals surface area contributed by atoms with Gasteiger partial charge in [0.25, 0.3) is 0 Å². The lowest BCUT2D eigenvalue weighted by Crippen LogP contribution is -2.66. The van der Waals surface area contributed by atoms with Gasteiger partial charge >= 0.3 is 0 Å². The van der Waals surface area contributed by atoms with Crippen LogP contribution in [0.3, 0.4) is 0 Å². The van der Waals surface area contributed by atoms with Gasteiger partial charge in [-0.1, -0.05) is 19.3 Å². The molecule has 19 heavy (non-hydrogen) atoms. The zero-order chi connectivity index (χ0) is 13.9. The number of nitrogens with zero attached hydrogens (tertiary/aromatic N) is 2. The van der Waals surface area contributed by atoms with Gasteiger partial charge in [-0.2, -0.15) is 0 Å². The zero-order valence-electron chi connectivity index (χ0n) is 13.4. The molecule has 0 bridgehead atoms. The topological polar surface area (TPSA) is 18.5 Å². The molecule has 1 N–H and O–H groups in total. The fourth-order valence-electron chi connectivity index (χ4n) is 4.44. The average molecular weight is 267 g/mol. The van der Waals surface area contributed by atoms with Crippen molar-refractivity contribution in [1.29, 1.82) is 0 Å². The molecule has 2 rings (SSSR count). The van der Waals surface area contributed by atoms with Gasteiger partial charge in [0, 0.05) is 30.7 Å². The second kappa shape index (κ2) is 6.55. The number of piperazine rings is 1. The lowest BCUT2D eigenvalue weighted by molar-refractivity contribution is -0.0580. The van der Waals surface area contributed by atoms with Crippen molar-refractivity contribution in [2.75, 3.05) is 33.7 Å². The molecule has 0 aromatic carbocycles. The Balaban J connectivity index is 2.11. The molecule has 1 aliphatic heterocycles. The standard InChI is InChI=1S/C16H33N3/c1-16(2)13-18(4)12-15(10-11-17-3)19(16)14-8-6-5-7-9-14/h14-15,17H,5-13H2,1-4H3. The van der Waals surface area contributed by atoms with Crippen molar-refractivity contribution in [3.63, 3.8) is 0 Å². The Morgan fingerprint density at radius 1 is 1.16 bits per heavy atom. The van der Waals surface area contributed by atoms with E-state index in [1.165, 1.54) is 51.6 Å². The lowest BCUT2D eigenvalue weighted by atomic mass is 9.85. The Morgan fingerprint density at radius 3 is 2.47 bits per heavy atom. The summed E-state index contributed by atoms with van der Waals surface area (Å²) >= 11 is 0. The maximum atomic E-state index is 3.34. The molecule has 3 heteroatoms. The number of nitrogens with one attached hydrogen (secondary N) is 1. The third-order valence-electron chi connectivity index (χ3n) is 4.97. The molecular weight excluding hydrogens is 234 g/mol. The Kier molecular flexibility index (Phi) is 5.27. The molecule has 3 nitrogen and oxygen atoms in total. The molecule has 0 aromatic heterocycles. The fraction of sp³-hybridized carbons (Fsp3) is 1.00. The minimum Gasteiger partial charge on any atom is -0.320 e. The van der Waals surface area contributed by atoms with E-state index in [0.717, 1.165) is 18.6 Å². The van der Waals surface area contributed by atoms with Crippen LogP contribution < -0.4 is 5.32 Å². The van der Waals surface area contributed by atoms with E-state index in [4.69, 9.17) is 0 Å². The quantitative estimate of drug-likeness (QED) is 0.843. The normalized spacial score (nSPS) is 30.6. The van der Waals surface area contributed by atoms with E-state index >= 15 is 0 Å². The van der Waals surface area contributed by atoms with Crippen LogP contribution in [0.1, 0.15) is 52.4 Å². The van der Waals surface area contributed by atoms with Crippen molar-refractivity contribution in [3.05, 3.63) is 0 Å². The van der Waals surface area contributed by atoms with Crippen molar-refractivity contribution < 1.29 is 0 Å². The predicted octanol–water partition coefficient (Wildman–Crippen LogP) is 2.32. The van der Waals surface area contributed by atoms with E-state index in [-0.39, 0.29) is 0 Å². The van der Waals surface area contributed by atoms with Crippen LogP contribution in [0.5, 0.6) is 0 Å². The molecule has 0 aromatic rings. The third-order valence-corrected chi connectivity index (χ3v) is 4.97. The van der Waals surface area contributed by atoms with E-state index in [9.17, 15) is 0 Å². The van der Waals surface area contributed by atoms with Crippen LogP contribution in [-0.4, -0.2) is 61.2 Å². The second-order valence-corrected chi connectivity index (χ2v) is 7.25. The van der Waals surface area contributed by atoms with E-state index in [1.807, 2.05) is 0 Å². The first kappa shape index (κ1) is 15.3. The van der Waals surface area contributed by atoms with Gasteiger partial charge in [-0.3, -0.25) is 4.90 Å². The Morgan fingerprint density at radius 2 is 1.84 bits per heavy atom. The highest BCUT2D eigenvalue weighted by atomic mass is 15.3. The summed E-state index contributed by atoms with van der Waals surface area (Å²) < 4.78 is 0. The third kappa shape index (κ3) is 3.71. The summed E-state index contributed by atoms with van der Waals surface area (Å²) in [7, 11) is 4.36. The van der Waals surface area contributed by atoms with E-state index < -0.39 is 0 Å². The molecule has 2 fully saturated rings. The summed E-state index contributed by atoms with van der Waals surface area (Å²) in [6, 6.07) is 1.56. The SMILES string of the molecule is CNCCC1CN(C)CC(C)(C)N1C1CCCCC1. The second-order valence-electron chi connectivity index (χ2n) is 7.25. The van der Waals surface area contributed by atoms with Crippen LogP contribution in [0, 0.1) is 0 Å². The Bertz CT molecular complexity index is 271. The van der Waals surface area contributed by atoms with Crippen LogP contribution in [-0.2, 0) is 0 Å². The largest absolute Gasteiger partial charge is 0.320 e. The minimum atomic E-state index is 0.327. The first-order valence-electron chi connectivity index (χ1n) is 8.16. The highest BCUT2D eigenvalue weighted by Gasteiger charge is 2.42. The fourth-order valence-corrected chi connectivity index (χ4v) is 4.44. The van der Waals surface area contributed by atoms with Gasteiger partial charge in [-0.25, -0.2) is 0 Å². The van der Waals surface area contributed by atoms with Crippen molar-refractivity contribution in [3.8, 4) is 0 Å². The average Bonchev–Trinajstić information content (AvgIpc) is 2.35. The highest BCUT2D eigenvalue weighted by Crippen LogP contribution is 2.34. The molecule has 1 saturated heterocycles. The predicted molar refractivity (Wildman–Crippen MR) is 82.6 cm³/mol. The van der Waals surface area contributed by atoms with Crippen LogP contribution in [0.25, 0.3) is 0 Å². The van der Waals surface area contributed by atoms with Crippen molar-refractivity contribution >= 4 is 0 Å². The first-order chi connectivity index (χ1) is 9.04. The lowest BCUT2D eigenvalue weighted by Gasteiger charge is -2.55. The summed E-state index contributed by atoms with van der Waals surface area (Å²) in [5, 5.41) is 3.34. The molecule has 1 saturated carbocycles. The molecule has 2 aliphatic rings. The van der Waals surface area contributed by atoms with Gasteiger partial charge in [-0.05, 0) is 53.8 Å². The van der Waals surface area contributed by atoms with Gasteiger partial charge in [0.1, 0.15) is 0 Å². The van der Waals surface area contributed by atoms with E-state index in [1.54, 1.807) is 0 Å². The molecular formula is C16H33N3. The number of hydrogen-bond donors (Lipinski definition) is 1. The maximum Gasteiger partial charge on any atom is 0.0286 e. The van der Waals surface area contributed by atoms with Crippen molar-refractivity contribution in [2.24, 2.45) is 0 Å². The maximum absolute atomic E-state index is 3.34. The minimum absolute atomic E-state index is 0.327. The van der Waals surface area contributed by atoms with Gasteiger partial charge in [0.15, 0.2) is 0 Å². The number of likely N-dealkylation sites (N-methyl/N-ethyl adjacent to an activating group) is 1. The van der Waals surface area contributed by atoms with Crippen LogP contribution in [0.4, 0.5) is 0 Å². The molecule has 0 spiro atoms. The molecule has 1 heterocycles. The van der Waals surface area contributed by atoms with Gasteiger partial charge in [0.05, 0.1) is 0 Å². The number of hydrogen-bond acceptors (Lipinski definition) is 3. The molecule has 1 aliphatic carbocycles.